The van der Waals surface area contributed by atoms with Gasteiger partial charge in [0.1, 0.15) is 0 Å². The van der Waals surface area contributed by atoms with Crippen LogP contribution in [0, 0.1) is 0 Å². The molecule has 2 fully saturated rings. The predicted octanol–water partition coefficient (Wildman–Crippen LogP) is 6.83. The SMILES string of the molecule is C1=Cc2ccccc2C(=C2CCN(CCCC3CCCCN3)CC2)c2ccccc21.Cl.Cl. The minimum atomic E-state index is 0. The second-order valence-electron chi connectivity index (χ2n) is 9.12. The van der Waals surface area contributed by atoms with Crippen molar-refractivity contribution in [2.75, 3.05) is 26.2 Å². The van der Waals surface area contributed by atoms with Gasteiger partial charge < -0.3 is 10.2 Å². The fourth-order valence-electron chi connectivity index (χ4n) is 5.47. The standard InChI is InChI=1S/C28H34N2.2ClH/c1-3-12-26-22(8-1)14-15-23-9-2-4-13-27(23)28(26)24-16-20-30(21-17-24)19-7-11-25-10-5-6-18-29-25;;/h1-4,8-9,12-15,25,29H,5-7,10-11,16-21H2;2*1H. The van der Waals surface area contributed by atoms with Gasteiger partial charge in [-0.3, -0.25) is 0 Å². The Labute approximate surface area is 206 Å². The summed E-state index contributed by atoms with van der Waals surface area (Å²) in [5.41, 5.74) is 8.65. The largest absolute Gasteiger partial charge is 0.314 e. The molecule has 1 atom stereocenters. The van der Waals surface area contributed by atoms with E-state index in [4.69, 9.17) is 0 Å². The molecule has 0 bridgehead atoms. The van der Waals surface area contributed by atoms with Crippen molar-refractivity contribution in [2.45, 2.75) is 51.0 Å². The number of nitrogens with one attached hydrogen (secondary N) is 1. The summed E-state index contributed by atoms with van der Waals surface area (Å²) in [6.45, 7) is 4.89. The zero-order chi connectivity index (χ0) is 20.2. The van der Waals surface area contributed by atoms with Gasteiger partial charge in [-0.25, -0.2) is 0 Å². The van der Waals surface area contributed by atoms with Gasteiger partial charge in [-0.2, -0.15) is 0 Å². The average molecular weight is 472 g/mol. The highest BCUT2D eigenvalue weighted by Gasteiger charge is 2.22. The third-order valence-electron chi connectivity index (χ3n) is 7.16. The molecule has 2 aromatic carbocycles. The number of hydrogen-bond donors (Lipinski definition) is 1. The minimum absolute atomic E-state index is 0. The maximum Gasteiger partial charge on any atom is 0.00675 e. The summed E-state index contributed by atoms with van der Waals surface area (Å²) in [4.78, 5) is 2.69. The van der Waals surface area contributed by atoms with Gasteiger partial charge in [0.2, 0.25) is 0 Å². The molecule has 0 spiro atoms. The number of fused-ring (bicyclic) bond motifs is 2. The number of halogens is 2. The van der Waals surface area contributed by atoms with Crippen molar-refractivity contribution in [3.63, 3.8) is 0 Å². The van der Waals surface area contributed by atoms with Crippen LogP contribution >= 0.6 is 24.8 Å². The summed E-state index contributed by atoms with van der Waals surface area (Å²) in [5, 5.41) is 3.70. The summed E-state index contributed by atoms with van der Waals surface area (Å²) in [6.07, 6.45) is 13.8. The van der Waals surface area contributed by atoms with Gasteiger partial charge in [0.25, 0.3) is 0 Å². The van der Waals surface area contributed by atoms with E-state index in [2.05, 4.69) is 70.9 Å². The minimum Gasteiger partial charge on any atom is -0.314 e. The topological polar surface area (TPSA) is 15.3 Å². The Morgan fingerprint density at radius 3 is 2.03 bits per heavy atom. The molecule has 2 saturated heterocycles. The molecule has 3 aliphatic rings. The van der Waals surface area contributed by atoms with Gasteiger partial charge in [-0.05, 0) is 79.4 Å². The maximum atomic E-state index is 3.70. The highest BCUT2D eigenvalue weighted by molar-refractivity contribution is 5.94. The Bertz CT molecular complexity index is 882. The molecule has 172 valence electrons. The van der Waals surface area contributed by atoms with Crippen molar-refractivity contribution in [1.82, 2.24) is 10.2 Å². The first-order chi connectivity index (χ1) is 14.9. The van der Waals surface area contributed by atoms with Crippen LogP contribution in [-0.2, 0) is 0 Å². The maximum absolute atomic E-state index is 3.70. The van der Waals surface area contributed by atoms with Crippen molar-refractivity contribution >= 4 is 42.5 Å². The lowest BCUT2D eigenvalue weighted by Crippen LogP contribution is -2.36. The van der Waals surface area contributed by atoms with Crippen LogP contribution in [0.5, 0.6) is 0 Å². The zero-order valence-electron chi connectivity index (χ0n) is 18.9. The number of piperidine rings is 2. The Balaban J connectivity index is 0.00000144. The predicted molar refractivity (Wildman–Crippen MR) is 143 cm³/mol. The number of hydrogen-bond acceptors (Lipinski definition) is 2. The quantitative estimate of drug-likeness (QED) is 0.449. The van der Waals surface area contributed by atoms with E-state index in [1.807, 2.05) is 0 Å². The molecule has 32 heavy (non-hydrogen) atoms. The van der Waals surface area contributed by atoms with Crippen molar-refractivity contribution in [3.8, 4) is 0 Å². The highest BCUT2D eigenvalue weighted by atomic mass is 35.5. The lowest BCUT2D eigenvalue weighted by molar-refractivity contribution is 0.243. The normalized spacial score (nSPS) is 20.4. The van der Waals surface area contributed by atoms with E-state index in [1.54, 1.807) is 5.57 Å². The van der Waals surface area contributed by atoms with E-state index in [1.165, 1.54) is 99.0 Å². The van der Waals surface area contributed by atoms with Crippen LogP contribution in [0.15, 0.2) is 54.1 Å². The van der Waals surface area contributed by atoms with Gasteiger partial charge in [0.05, 0.1) is 0 Å². The van der Waals surface area contributed by atoms with Crippen LogP contribution in [0.4, 0.5) is 0 Å². The lowest BCUT2D eigenvalue weighted by atomic mass is 9.86. The summed E-state index contributed by atoms with van der Waals surface area (Å²) >= 11 is 0. The Morgan fingerprint density at radius 1 is 0.812 bits per heavy atom. The smallest absolute Gasteiger partial charge is 0.00675 e. The fraction of sp³-hybridized carbons (Fsp3) is 0.429. The first-order valence-electron chi connectivity index (χ1n) is 11.9. The second kappa shape index (κ2) is 12.0. The molecule has 2 aliphatic heterocycles. The molecule has 0 amide bonds. The molecule has 0 saturated carbocycles. The Kier molecular flexibility index (Phi) is 9.43. The Hall–Kier alpha value is -1.58. The second-order valence-corrected chi connectivity index (χ2v) is 9.12. The van der Waals surface area contributed by atoms with Gasteiger partial charge >= 0.3 is 0 Å². The molecule has 5 rings (SSSR count). The third kappa shape index (κ3) is 5.66. The molecular weight excluding hydrogens is 435 g/mol. The molecular formula is C28H36Cl2N2. The van der Waals surface area contributed by atoms with Crippen molar-refractivity contribution in [2.24, 2.45) is 0 Å². The zero-order valence-corrected chi connectivity index (χ0v) is 20.5. The van der Waals surface area contributed by atoms with E-state index in [9.17, 15) is 0 Å². The monoisotopic (exact) mass is 470 g/mol. The molecule has 4 heteroatoms. The molecule has 0 radical (unpaired) electrons. The fourth-order valence-corrected chi connectivity index (χ4v) is 5.47. The summed E-state index contributed by atoms with van der Waals surface area (Å²) in [5.74, 6) is 0. The van der Waals surface area contributed by atoms with Crippen molar-refractivity contribution in [1.29, 1.82) is 0 Å². The average Bonchev–Trinajstić information content (AvgIpc) is 2.97. The number of benzene rings is 2. The first-order valence-corrected chi connectivity index (χ1v) is 11.9. The van der Waals surface area contributed by atoms with Gasteiger partial charge in [-0.1, -0.05) is 72.7 Å². The molecule has 1 aliphatic carbocycles. The van der Waals surface area contributed by atoms with Gasteiger partial charge in [0, 0.05) is 19.1 Å². The van der Waals surface area contributed by atoms with E-state index >= 15 is 0 Å². The number of nitrogens with zero attached hydrogens (tertiary/aromatic N) is 1. The lowest BCUT2D eigenvalue weighted by Gasteiger charge is -2.31. The number of likely N-dealkylation sites (tertiary alicyclic amines) is 1. The molecule has 2 heterocycles. The van der Waals surface area contributed by atoms with Crippen LogP contribution in [0.1, 0.15) is 67.2 Å². The van der Waals surface area contributed by atoms with Crippen LogP contribution in [0.25, 0.3) is 17.7 Å². The van der Waals surface area contributed by atoms with Crippen molar-refractivity contribution in [3.05, 3.63) is 76.4 Å². The van der Waals surface area contributed by atoms with Crippen molar-refractivity contribution < 1.29 is 0 Å². The first kappa shape index (κ1) is 25.1. The van der Waals surface area contributed by atoms with E-state index in [-0.39, 0.29) is 24.8 Å². The van der Waals surface area contributed by atoms with Crippen LogP contribution in [0.3, 0.4) is 0 Å². The van der Waals surface area contributed by atoms with E-state index < -0.39 is 0 Å². The summed E-state index contributed by atoms with van der Waals surface area (Å²) in [7, 11) is 0. The van der Waals surface area contributed by atoms with Gasteiger partial charge in [-0.15, -0.1) is 24.8 Å². The molecule has 2 aromatic rings. The molecule has 0 aromatic heterocycles. The van der Waals surface area contributed by atoms with Crippen LogP contribution < -0.4 is 5.32 Å². The van der Waals surface area contributed by atoms with E-state index in [0.29, 0.717) is 0 Å². The van der Waals surface area contributed by atoms with Crippen LogP contribution in [-0.4, -0.2) is 37.1 Å². The summed E-state index contributed by atoms with van der Waals surface area (Å²) < 4.78 is 0. The third-order valence-corrected chi connectivity index (χ3v) is 7.16. The highest BCUT2D eigenvalue weighted by Crippen LogP contribution is 2.38. The molecule has 2 nitrogen and oxygen atoms in total. The molecule has 1 unspecified atom stereocenters. The van der Waals surface area contributed by atoms with Gasteiger partial charge in [0.15, 0.2) is 0 Å². The van der Waals surface area contributed by atoms with Crippen LogP contribution in [0.2, 0.25) is 0 Å². The Morgan fingerprint density at radius 2 is 1.44 bits per heavy atom. The molecule has 1 N–H and O–H groups in total. The summed E-state index contributed by atoms with van der Waals surface area (Å²) in [6, 6.07) is 18.6. The van der Waals surface area contributed by atoms with E-state index in [0.717, 1.165) is 6.04 Å². The number of rotatable bonds is 4.